The van der Waals surface area contributed by atoms with Crippen LogP contribution in [0.1, 0.15) is 6.92 Å². The summed E-state index contributed by atoms with van der Waals surface area (Å²) in [6.45, 7) is 5.07. The number of ether oxygens (including phenoxy) is 2. The van der Waals surface area contributed by atoms with Crippen molar-refractivity contribution in [1.82, 2.24) is 0 Å². The van der Waals surface area contributed by atoms with E-state index in [4.69, 9.17) is 44.3 Å². The highest BCUT2D eigenvalue weighted by molar-refractivity contribution is 6.35. The normalized spacial score (nSPS) is 10.2. The zero-order valence-electron chi connectivity index (χ0n) is 11.5. The number of carbonyl (C=O) groups is 1. The van der Waals surface area contributed by atoms with Crippen molar-refractivity contribution in [2.24, 2.45) is 0 Å². The smallest absolute Gasteiger partial charge is 0.338 e. The van der Waals surface area contributed by atoms with Gasteiger partial charge in [0.05, 0.1) is 5.02 Å². The van der Waals surface area contributed by atoms with Gasteiger partial charge in [0.25, 0.3) is 0 Å². The number of carbonyl (C=O) groups excluding carboxylic acids is 1. The third-order valence-electron chi connectivity index (χ3n) is 2.57. The van der Waals surface area contributed by atoms with Crippen LogP contribution in [0, 0.1) is 0 Å². The van der Waals surface area contributed by atoms with Crippen molar-refractivity contribution < 1.29 is 14.3 Å². The fraction of sp³-hybridized carbons (Fsp3) is 0.0625. The van der Waals surface area contributed by atoms with Crippen molar-refractivity contribution in [1.29, 1.82) is 0 Å². The third kappa shape index (κ3) is 4.17. The van der Waals surface area contributed by atoms with Crippen LogP contribution in [0.3, 0.4) is 0 Å². The Kier molecular flexibility index (Phi) is 5.35. The first-order valence-electron chi connectivity index (χ1n) is 6.17. The number of halogens is 3. The minimum atomic E-state index is -0.575. The molecule has 2 rings (SSSR count). The molecule has 0 amide bonds. The van der Waals surface area contributed by atoms with E-state index in [1.165, 1.54) is 6.07 Å². The van der Waals surface area contributed by atoms with Gasteiger partial charge in [-0.05, 0) is 37.3 Å². The number of rotatable bonds is 4. The van der Waals surface area contributed by atoms with Crippen molar-refractivity contribution >= 4 is 40.8 Å². The molecule has 0 unspecified atom stereocenters. The molecule has 0 heterocycles. The number of esters is 1. The quantitative estimate of drug-likeness (QED) is 0.387. The molecule has 0 aliphatic rings. The highest BCUT2D eigenvalue weighted by atomic mass is 35.5. The maximum absolute atomic E-state index is 11.7. The maximum Gasteiger partial charge on any atom is 0.338 e. The van der Waals surface area contributed by atoms with Gasteiger partial charge in [-0.2, -0.15) is 0 Å². The topological polar surface area (TPSA) is 35.5 Å². The van der Waals surface area contributed by atoms with Crippen LogP contribution in [0.4, 0.5) is 0 Å². The van der Waals surface area contributed by atoms with Gasteiger partial charge in [-0.3, -0.25) is 0 Å². The van der Waals surface area contributed by atoms with Crippen LogP contribution in [0.25, 0.3) is 0 Å². The summed E-state index contributed by atoms with van der Waals surface area (Å²) >= 11 is 17.8. The lowest BCUT2D eigenvalue weighted by Crippen LogP contribution is -2.09. The van der Waals surface area contributed by atoms with E-state index < -0.39 is 5.97 Å². The van der Waals surface area contributed by atoms with Gasteiger partial charge in [0.15, 0.2) is 11.5 Å². The van der Waals surface area contributed by atoms with Gasteiger partial charge in [-0.25, -0.2) is 4.79 Å². The molecule has 2 aromatic rings. The molecule has 0 bridgehead atoms. The van der Waals surface area contributed by atoms with Gasteiger partial charge in [-0.1, -0.05) is 41.4 Å². The highest BCUT2D eigenvalue weighted by Gasteiger charge is 2.14. The molecule has 0 N–H and O–H groups in total. The maximum atomic E-state index is 11.7. The average molecular weight is 358 g/mol. The molecule has 22 heavy (non-hydrogen) atoms. The second-order valence-corrected chi connectivity index (χ2v) is 5.72. The zero-order chi connectivity index (χ0) is 16.3. The van der Waals surface area contributed by atoms with E-state index in [0.29, 0.717) is 26.6 Å². The molecule has 0 saturated carbocycles. The van der Waals surface area contributed by atoms with Crippen LogP contribution in [-0.2, 0) is 4.79 Å². The highest BCUT2D eigenvalue weighted by Crippen LogP contribution is 2.37. The van der Waals surface area contributed by atoms with Crippen LogP contribution in [0.15, 0.2) is 48.6 Å². The third-order valence-corrected chi connectivity index (χ3v) is 3.34. The Hall–Kier alpha value is -1.68. The molecule has 2 aromatic carbocycles. The minimum Gasteiger partial charge on any atom is -0.452 e. The molecule has 3 nitrogen and oxygen atoms in total. The van der Waals surface area contributed by atoms with Crippen molar-refractivity contribution in [2.45, 2.75) is 6.92 Å². The van der Waals surface area contributed by atoms with Crippen LogP contribution in [-0.4, -0.2) is 5.97 Å². The molecule has 6 heteroatoms. The first kappa shape index (κ1) is 16.7. The second-order valence-electron chi connectivity index (χ2n) is 4.44. The molecule has 0 aliphatic carbocycles. The average Bonchev–Trinajstić information content (AvgIpc) is 2.44. The predicted octanol–water partition coefficient (Wildman–Crippen LogP) is 5.92. The van der Waals surface area contributed by atoms with E-state index in [9.17, 15) is 4.79 Å². The Morgan fingerprint density at radius 2 is 1.55 bits per heavy atom. The lowest BCUT2D eigenvalue weighted by molar-refractivity contribution is -0.130. The van der Waals surface area contributed by atoms with E-state index in [1.54, 1.807) is 37.3 Å². The molecule has 0 fully saturated rings. The summed E-state index contributed by atoms with van der Waals surface area (Å²) < 4.78 is 10.9. The summed E-state index contributed by atoms with van der Waals surface area (Å²) in [5.41, 5.74) is 0.260. The molecule has 0 aromatic heterocycles. The van der Waals surface area contributed by atoms with E-state index in [2.05, 4.69) is 6.58 Å². The van der Waals surface area contributed by atoms with Crippen LogP contribution in [0.5, 0.6) is 17.2 Å². The molecule has 0 saturated heterocycles. The lowest BCUT2D eigenvalue weighted by Gasteiger charge is -2.12. The largest absolute Gasteiger partial charge is 0.452 e. The van der Waals surface area contributed by atoms with Gasteiger partial charge in [0.1, 0.15) is 5.75 Å². The predicted molar refractivity (Wildman–Crippen MR) is 88.4 cm³/mol. The van der Waals surface area contributed by atoms with Gasteiger partial charge < -0.3 is 9.47 Å². The second kappa shape index (κ2) is 7.05. The van der Waals surface area contributed by atoms with Crippen molar-refractivity contribution in [3.63, 3.8) is 0 Å². The Bertz CT molecular complexity index is 741. The van der Waals surface area contributed by atoms with Crippen molar-refractivity contribution in [2.75, 3.05) is 0 Å². The summed E-state index contributed by atoms with van der Waals surface area (Å²) in [7, 11) is 0. The van der Waals surface area contributed by atoms with Crippen LogP contribution < -0.4 is 9.47 Å². The van der Waals surface area contributed by atoms with E-state index in [-0.39, 0.29) is 11.3 Å². The number of hydrogen-bond acceptors (Lipinski definition) is 3. The number of benzene rings is 2. The minimum absolute atomic E-state index is 0.173. The summed E-state index contributed by atoms with van der Waals surface area (Å²) in [4.78, 5) is 11.7. The zero-order valence-corrected chi connectivity index (χ0v) is 13.8. The van der Waals surface area contributed by atoms with Crippen LogP contribution in [0.2, 0.25) is 15.1 Å². The van der Waals surface area contributed by atoms with Crippen molar-refractivity contribution in [3.8, 4) is 17.2 Å². The molecule has 0 atom stereocenters. The Labute approximate surface area is 143 Å². The summed E-state index contributed by atoms with van der Waals surface area (Å²) in [5, 5.41) is 1.22. The molecule has 0 spiro atoms. The van der Waals surface area contributed by atoms with Gasteiger partial charge >= 0.3 is 5.97 Å². The van der Waals surface area contributed by atoms with Gasteiger partial charge in [0.2, 0.25) is 0 Å². The van der Waals surface area contributed by atoms with E-state index >= 15 is 0 Å². The number of hydrogen-bond donors (Lipinski definition) is 0. The Morgan fingerprint density at radius 1 is 0.955 bits per heavy atom. The summed E-state index contributed by atoms with van der Waals surface area (Å²) in [6.07, 6.45) is 0. The fourth-order valence-corrected chi connectivity index (χ4v) is 2.12. The molecule has 114 valence electrons. The van der Waals surface area contributed by atoms with Crippen LogP contribution >= 0.6 is 34.8 Å². The summed E-state index contributed by atoms with van der Waals surface area (Å²) in [5.74, 6) is 0.269. The van der Waals surface area contributed by atoms with Gasteiger partial charge in [0, 0.05) is 21.7 Å². The lowest BCUT2D eigenvalue weighted by atomic mass is 10.3. The first-order valence-corrected chi connectivity index (χ1v) is 7.30. The van der Waals surface area contributed by atoms with E-state index in [1.807, 2.05) is 0 Å². The Morgan fingerprint density at radius 3 is 2.14 bits per heavy atom. The van der Waals surface area contributed by atoms with E-state index in [0.717, 1.165) is 0 Å². The molecular weight excluding hydrogens is 347 g/mol. The molecule has 0 radical (unpaired) electrons. The fourth-order valence-electron chi connectivity index (χ4n) is 1.51. The van der Waals surface area contributed by atoms with Crippen molar-refractivity contribution in [3.05, 3.63) is 63.6 Å². The standard InChI is InChI=1S/C16H11Cl3O3/c1-9(2)16(20)22-15-8-11(18)4-6-14(15)21-13-5-3-10(17)7-12(13)19/h3-8H,1H2,2H3. The SMILES string of the molecule is C=C(C)C(=O)Oc1cc(Cl)ccc1Oc1ccc(Cl)cc1Cl. The molecular formula is C16H11Cl3O3. The summed E-state index contributed by atoms with van der Waals surface area (Å²) in [6, 6.07) is 9.46. The first-order chi connectivity index (χ1) is 10.4. The Balaban J connectivity index is 2.34. The monoisotopic (exact) mass is 356 g/mol. The van der Waals surface area contributed by atoms with Gasteiger partial charge in [-0.15, -0.1) is 0 Å². The molecule has 0 aliphatic heterocycles.